The van der Waals surface area contributed by atoms with Crippen molar-refractivity contribution in [1.82, 2.24) is 4.98 Å². The SMILES string of the molecule is COc1ccc(-c2nc3cccc(Br)c3o2)cc1N. The van der Waals surface area contributed by atoms with Crippen LogP contribution in [0.3, 0.4) is 0 Å². The summed E-state index contributed by atoms with van der Waals surface area (Å²) in [6.07, 6.45) is 0. The number of halogens is 1. The number of fused-ring (bicyclic) bond motifs is 1. The lowest BCUT2D eigenvalue weighted by atomic mass is 10.2. The van der Waals surface area contributed by atoms with E-state index in [0.717, 1.165) is 21.1 Å². The van der Waals surface area contributed by atoms with Gasteiger partial charge < -0.3 is 14.9 Å². The molecule has 0 saturated heterocycles. The molecule has 0 fully saturated rings. The largest absolute Gasteiger partial charge is 0.495 e. The number of nitrogens with zero attached hydrogens (tertiary/aromatic N) is 1. The Kier molecular flexibility index (Phi) is 2.91. The smallest absolute Gasteiger partial charge is 0.227 e. The van der Waals surface area contributed by atoms with Gasteiger partial charge in [-0.05, 0) is 46.3 Å². The molecule has 0 atom stereocenters. The van der Waals surface area contributed by atoms with Crippen LogP contribution in [0.4, 0.5) is 5.69 Å². The summed E-state index contributed by atoms with van der Waals surface area (Å²) in [4.78, 5) is 4.45. The Morgan fingerprint density at radius 1 is 1.26 bits per heavy atom. The normalized spacial score (nSPS) is 10.8. The Bertz CT molecular complexity index is 752. The van der Waals surface area contributed by atoms with Crippen LogP contribution in [-0.2, 0) is 0 Å². The number of nitrogens with two attached hydrogens (primary N) is 1. The highest BCUT2D eigenvalue weighted by atomic mass is 79.9. The molecule has 0 saturated carbocycles. The molecule has 19 heavy (non-hydrogen) atoms. The van der Waals surface area contributed by atoms with Crippen molar-refractivity contribution in [2.45, 2.75) is 0 Å². The Labute approximate surface area is 118 Å². The maximum absolute atomic E-state index is 5.89. The molecule has 0 amide bonds. The number of hydrogen-bond donors (Lipinski definition) is 1. The number of methoxy groups -OCH3 is 1. The quantitative estimate of drug-likeness (QED) is 0.729. The number of oxazole rings is 1. The maximum Gasteiger partial charge on any atom is 0.227 e. The highest BCUT2D eigenvalue weighted by Crippen LogP contribution is 2.32. The molecular formula is C14H11BrN2O2. The first-order valence-corrected chi connectivity index (χ1v) is 6.47. The first-order valence-electron chi connectivity index (χ1n) is 5.68. The van der Waals surface area contributed by atoms with Crippen LogP contribution in [0.25, 0.3) is 22.6 Å². The highest BCUT2D eigenvalue weighted by Gasteiger charge is 2.11. The fourth-order valence-electron chi connectivity index (χ4n) is 1.91. The zero-order valence-corrected chi connectivity index (χ0v) is 11.8. The van der Waals surface area contributed by atoms with Crippen LogP contribution in [0.1, 0.15) is 0 Å². The lowest BCUT2D eigenvalue weighted by molar-refractivity contribution is 0.417. The van der Waals surface area contributed by atoms with Crippen LogP contribution in [0.5, 0.6) is 5.75 Å². The highest BCUT2D eigenvalue weighted by molar-refractivity contribution is 9.10. The molecule has 1 aromatic heterocycles. The van der Waals surface area contributed by atoms with E-state index >= 15 is 0 Å². The summed E-state index contributed by atoms with van der Waals surface area (Å²) in [5.74, 6) is 1.18. The van der Waals surface area contributed by atoms with Gasteiger partial charge in [-0.15, -0.1) is 0 Å². The number of benzene rings is 2. The zero-order valence-electron chi connectivity index (χ0n) is 10.2. The summed E-state index contributed by atoms with van der Waals surface area (Å²) >= 11 is 3.44. The van der Waals surface area contributed by atoms with Crippen LogP contribution >= 0.6 is 15.9 Å². The fraction of sp³-hybridized carbons (Fsp3) is 0.0714. The van der Waals surface area contributed by atoms with Crippen molar-refractivity contribution in [3.05, 3.63) is 40.9 Å². The minimum absolute atomic E-state index is 0.538. The third kappa shape index (κ3) is 2.06. The third-order valence-electron chi connectivity index (χ3n) is 2.84. The van der Waals surface area contributed by atoms with Crippen molar-refractivity contribution in [1.29, 1.82) is 0 Å². The van der Waals surface area contributed by atoms with Crippen molar-refractivity contribution in [2.75, 3.05) is 12.8 Å². The number of aromatic nitrogens is 1. The molecule has 96 valence electrons. The van der Waals surface area contributed by atoms with E-state index in [4.69, 9.17) is 14.9 Å². The number of ether oxygens (including phenoxy) is 1. The summed E-state index contributed by atoms with van der Waals surface area (Å²) in [6, 6.07) is 11.2. The van der Waals surface area contributed by atoms with Gasteiger partial charge in [0.05, 0.1) is 17.3 Å². The second kappa shape index (κ2) is 4.59. The molecule has 4 nitrogen and oxygen atoms in total. The van der Waals surface area contributed by atoms with E-state index in [9.17, 15) is 0 Å². The number of hydrogen-bond acceptors (Lipinski definition) is 4. The molecule has 3 aromatic rings. The minimum Gasteiger partial charge on any atom is -0.495 e. The average Bonchev–Trinajstić information content (AvgIpc) is 2.84. The van der Waals surface area contributed by atoms with E-state index in [0.29, 0.717) is 17.3 Å². The molecule has 0 bridgehead atoms. The first kappa shape index (κ1) is 12.0. The molecule has 1 heterocycles. The van der Waals surface area contributed by atoms with Gasteiger partial charge in [0.15, 0.2) is 5.58 Å². The van der Waals surface area contributed by atoms with Crippen molar-refractivity contribution in [3.63, 3.8) is 0 Å². The van der Waals surface area contributed by atoms with Gasteiger partial charge in [0.2, 0.25) is 5.89 Å². The first-order chi connectivity index (χ1) is 9.19. The molecule has 2 aromatic carbocycles. The van der Waals surface area contributed by atoms with Crippen molar-refractivity contribution >= 4 is 32.7 Å². The second-order valence-electron chi connectivity index (χ2n) is 4.06. The van der Waals surface area contributed by atoms with Gasteiger partial charge >= 0.3 is 0 Å². The van der Waals surface area contributed by atoms with E-state index in [-0.39, 0.29) is 0 Å². The molecule has 2 N–H and O–H groups in total. The van der Waals surface area contributed by atoms with Gasteiger partial charge in [0.1, 0.15) is 11.3 Å². The number of para-hydroxylation sites is 1. The van der Waals surface area contributed by atoms with Gasteiger partial charge in [0.25, 0.3) is 0 Å². The zero-order chi connectivity index (χ0) is 13.4. The summed E-state index contributed by atoms with van der Waals surface area (Å²) < 4.78 is 11.8. The van der Waals surface area contributed by atoms with E-state index < -0.39 is 0 Å². The van der Waals surface area contributed by atoms with Crippen molar-refractivity contribution in [2.24, 2.45) is 0 Å². The number of rotatable bonds is 2. The van der Waals surface area contributed by atoms with Crippen LogP contribution in [0.2, 0.25) is 0 Å². The minimum atomic E-state index is 0.538. The predicted molar refractivity (Wildman–Crippen MR) is 78.1 cm³/mol. The predicted octanol–water partition coefficient (Wildman–Crippen LogP) is 3.85. The topological polar surface area (TPSA) is 61.3 Å². The van der Waals surface area contributed by atoms with Crippen molar-refractivity contribution < 1.29 is 9.15 Å². The van der Waals surface area contributed by atoms with Crippen molar-refractivity contribution in [3.8, 4) is 17.2 Å². The van der Waals surface area contributed by atoms with Gasteiger partial charge in [0, 0.05) is 5.56 Å². The fourth-order valence-corrected chi connectivity index (χ4v) is 2.34. The number of anilines is 1. The molecule has 0 aliphatic heterocycles. The summed E-state index contributed by atoms with van der Waals surface area (Å²) in [7, 11) is 1.59. The molecule has 0 radical (unpaired) electrons. The molecule has 0 spiro atoms. The van der Waals surface area contributed by atoms with Gasteiger partial charge in [-0.3, -0.25) is 0 Å². The Morgan fingerprint density at radius 2 is 2.11 bits per heavy atom. The van der Waals surface area contributed by atoms with Gasteiger partial charge in [-0.1, -0.05) is 6.07 Å². The maximum atomic E-state index is 5.89. The molecule has 5 heteroatoms. The lowest BCUT2D eigenvalue weighted by Crippen LogP contribution is -1.92. The Morgan fingerprint density at radius 3 is 2.79 bits per heavy atom. The molecular weight excluding hydrogens is 308 g/mol. The van der Waals surface area contributed by atoms with E-state index in [2.05, 4.69) is 20.9 Å². The third-order valence-corrected chi connectivity index (χ3v) is 3.47. The van der Waals surface area contributed by atoms with Crippen LogP contribution in [0, 0.1) is 0 Å². The summed E-state index contributed by atoms with van der Waals surface area (Å²) in [6.45, 7) is 0. The van der Waals surface area contributed by atoms with E-state index in [1.807, 2.05) is 24.3 Å². The van der Waals surface area contributed by atoms with Crippen LogP contribution < -0.4 is 10.5 Å². The summed E-state index contributed by atoms with van der Waals surface area (Å²) in [5.41, 5.74) is 8.80. The van der Waals surface area contributed by atoms with E-state index in [1.54, 1.807) is 19.2 Å². The monoisotopic (exact) mass is 318 g/mol. The Balaban J connectivity index is 2.14. The van der Waals surface area contributed by atoms with Gasteiger partial charge in [-0.25, -0.2) is 4.98 Å². The Hall–Kier alpha value is -2.01. The standard InChI is InChI=1S/C14H11BrN2O2/c1-18-12-6-5-8(7-10(12)16)14-17-11-4-2-3-9(15)13(11)19-14/h2-7H,16H2,1H3. The lowest BCUT2D eigenvalue weighted by Gasteiger charge is -2.04. The van der Waals surface area contributed by atoms with Crippen LogP contribution in [0.15, 0.2) is 45.3 Å². The van der Waals surface area contributed by atoms with Gasteiger partial charge in [-0.2, -0.15) is 0 Å². The molecule has 0 unspecified atom stereocenters. The molecule has 3 rings (SSSR count). The van der Waals surface area contributed by atoms with E-state index in [1.165, 1.54) is 0 Å². The molecule has 0 aliphatic carbocycles. The number of nitrogen functional groups attached to an aromatic ring is 1. The summed E-state index contributed by atoms with van der Waals surface area (Å²) in [5, 5.41) is 0. The average molecular weight is 319 g/mol. The van der Waals surface area contributed by atoms with Crippen LogP contribution in [-0.4, -0.2) is 12.1 Å². The molecule has 0 aliphatic rings. The second-order valence-corrected chi connectivity index (χ2v) is 4.92.